The van der Waals surface area contributed by atoms with Crippen molar-refractivity contribution < 1.29 is 27.5 Å². The van der Waals surface area contributed by atoms with Gasteiger partial charge in [-0.05, 0) is 48.6 Å². The zero-order valence-corrected chi connectivity index (χ0v) is 21.7. The average Bonchev–Trinajstić information content (AvgIpc) is 3.76. The minimum atomic E-state index is -4.49. The van der Waals surface area contributed by atoms with Crippen molar-refractivity contribution in [3.8, 4) is 11.6 Å². The van der Waals surface area contributed by atoms with Gasteiger partial charge in [-0.1, -0.05) is 18.7 Å². The predicted octanol–water partition coefficient (Wildman–Crippen LogP) is 4.40. The Morgan fingerprint density at radius 3 is 2.50 bits per heavy atom. The van der Waals surface area contributed by atoms with Gasteiger partial charge >= 0.3 is 6.18 Å². The summed E-state index contributed by atoms with van der Waals surface area (Å²) in [7, 11) is 0. The van der Waals surface area contributed by atoms with Crippen molar-refractivity contribution in [1.82, 2.24) is 24.6 Å². The highest BCUT2D eigenvalue weighted by Gasteiger charge is 2.40. The van der Waals surface area contributed by atoms with Crippen LogP contribution in [-0.2, 0) is 17.6 Å². The Morgan fingerprint density at radius 1 is 1.07 bits per heavy atom. The van der Waals surface area contributed by atoms with Gasteiger partial charge < -0.3 is 14.5 Å². The molecule has 1 atom stereocenters. The van der Waals surface area contributed by atoms with Crippen molar-refractivity contribution in [3.05, 3.63) is 83.3 Å². The van der Waals surface area contributed by atoms with Crippen molar-refractivity contribution in [3.63, 3.8) is 0 Å². The lowest BCUT2D eigenvalue weighted by Gasteiger charge is -2.37. The maximum Gasteiger partial charge on any atom is 0.422 e. The summed E-state index contributed by atoms with van der Waals surface area (Å²) in [6.45, 7) is 3.26. The molecule has 1 saturated carbocycles. The predicted molar refractivity (Wildman–Crippen MR) is 139 cm³/mol. The van der Waals surface area contributed by atoms with E-state index in [1.807, 2.05) is 4.68 Å². The highest BCUT2D eigenvalue weighted by molar-refractivity contribution is 5.94. The van der Waals surface area contributed by atoms with E-state index >= 15 is 0 Å². The Labute approximate surface area is 229 Å². The van der Waals surface area contributed by atoms with Gasteiger partial charge in [-0.25, -0.2) is 9.67 Å². The van der Waals surface area contributed by atoms with Crippen LogP contribution in [0.25, 0.3) is 5.69 Å². The third-order valence-electron chi connectivity index (χ3n) is 7.71. The van der Waals surface area contributed by atoms with Gasteiger partial charge in [0.05, 0.1) is 28.7 Å². The van der Waals surface area contributed by atoms with Gasteiger partial charge in [0.15, 0.2) is 6.61 Å². The fourth-order valence-electron chi connectivity index (χ4n) is 5.60. The molecule has 0 saturated heterocycles. The molecule has 1 unspecified atom stereocenters. The van der Waals surface area contributed by atoms with Crippen LogP contribution < -0.4 is 4.74 Å². The minimum absolute atomic E-state index is 0.219. The fraction of sp³-hybridized carbons (Fsp3) is 0.379. The Kier molecular flexibility index (Phi) is 6.59. The number of benzene rings is 1. The van der Waals surface area contributed by atoms with Crippen molar-refractivity contribution in [2.24, 2.45) is 0 Å². The summed E-state index contributed by atoms with van der Waals surface area (Å²) in [5.74, 6) is -0.117. The van der Waals surface area contributed by atoms with Crippen LogP contribution in [0.15, 0.2) is 55.3 Å². The first kappa shape index (κ1) is 26.1. The number of pyridine rings is 1. The van der Waals surface area contributed by atoms with E-state index in [9.17, 15) is 22.8 Å². The van der Waals surface area contributed by atoms with Crippen molar-refractivity contribution >= 4 is 11.8 Å². The number of carbonyl (C=O) groups is 2. The maximum absolute atomic E-state index is 13.7. The fourth-order valence-corrected chi connectivity index (χ4v) is 5.60. The van der Waals surface area contributed by atoms with Crippen LogP contribution in [0.5, 0.6) is 5.88 Å². The Bertz CT molecular complexity index is 1450. The molecule has 4 heterocycles. The summed E-state index contributed by atoms with van der Waals surface area (Å²) in [5.41, 5.74) is 5.33. The number of hydrogen-bond donors (Lipinski definition) is 0. The summed E-state index contributed by atoms with van der Waals surface area (Å²) in [6, 6.07) is 10.7. The second-order valence-electron chi connectivity index (χ2n) is 10.4. The number of alkyl halides is 3. The molecule has 1 fully saturated rings. The largest absolute Gasteiger partial charge is 0.468 e. The molecule has 3 aliphatic rings. The van der Waals surface area contributed by atoms with Crippen molar-refractivity contribution in [2.45, 2.75) is 43.8 Å². The van der Waals surface area contributed by atoms with E-state index in [0.29, 0.717) is 31.8 Å². The third kappa shape index (κ3) is 5.07. The lowest BCUT2D eigenvalue weighted by molar-refractivity contribution is -0.154. The summed E-state index contributed by atoms with van der Waals surface area (Å²) in [4.78, 5) is 33.6. The number of rotatable bonds is 6. The molecule has 2 aromatic heterocycles. The molecule has 2 aliphatic heterocycles. The van der Waals surface area contributed by atoms with Crippen LogP contribution in [-0.4, -0.2) is 68.8 Å². The van der Waals surface area contributed by atoms with E-state index in [4.69, 9.17) is 5.10 Å². The monoisotopic (exact) mass is 551 g/mol. The summed E-state index contributed by atoms with van der Waals surface area (Å²) in [5, 5.41) is 4.96. The minimum Gasteiger partial charge on any atom is -0.468 e. The van der Waals surface area contributed by atoms with Gasteiger partial charge in [0, 0.05) is 50.3 Å². The number of ether oxygens (including phenoxy) is 1. The Morgan fingerprint density at radius 2 is 1.85 bits per heavy atom. The molecule has 11 heteroatoms. The van der Waals surface area contributed by atoms with Crippen LogP contribution in [0.2, 0.25) is 0 Å². The second-order valence-corrected chi connectivity index (χ2v) is 10.4. The molecule has 0 N–H and O–H groups in total. The molecule has 3 aromatic rings. The molecule has 40 heavy (non-hydrogen) atoms. The van der Waals surface area contributed by atoms with E-state index in [0.717, 1.165) is 22.6 Å². The Balaban J connectivity index is 1.31. The molecule has 0 radical (unpaired) electrons. The van der Waals surface area contributed by atoms with Gasteiger partial charge in [-0.2, -0.15) is 18.3 Å². The van der Waals surface area contributed by atoms with E-state index in [2.05, 4.69) is 40.6 Å². The lowest BCUT2D eigenvalue weighted by Crippen LogP contribution is -2.45. The van der Waals surface area contributed by atoms with Crippen LogP contribution in [0, 0.1) is 0 Å². The van der Waals surface area contributed by atoms with E-state index < -0.39 is 18.8 Å². The third-order valence-corrected chi connectivity index (χ3v) is 7.71. The van der Waals surface area contributed by atoms with E-state index in [1.54, 1.807) is 9.80 Å². The van der Waals surface area contributed by atoms with Crippen molar-refractivity contribution in [1.29, 1.82) is 0 Å². The number of halogens is 3. The molecule has 1 aromatic carbocycles. The molecular formula is C29H28F3N5O3. The Hall–Kier alpha value is -4.15. The van der Waals surface area contributed by atoms with Crippen LogP contribution in [0.1, 0.15) is 57.7 Å². The van der Waals surface area contributed by atoms with Crippen LogP contribution in [0.4, 0.5) is 13.2 Å². The standard InChI is InChI=1S/C29H28F3N5O3/c1-2-26(38)35-13-11-22-27-23(37(34-22)21-8-5-19(6-9-21)18-3-4-18)12-14-36(24(27)16-35)28(39)20-7-10-25(33-15-20)40-17-29(30,31)32/h2,5-10,15,18,24H,1,3-4,11-14,16-17H2. The van der Waals surface area contributed by atoms with E-state index in [-0.39, 0.29) is 29.8 Å². The average molecular weight is 552 g/mol. The molecule has 0 spiro atoms. The molecule has 208 valence electrons. The first-order valence-electron chi connectivity index (χ1n) is 13.3. The van der Waals surface area contributed by atoms with Gasteiger partial charge in [-0.3, -0.25) is 9.59 Å². The smallest absolute Gasteiger partial charge is 0.422 e. The van der Waals surface area contributed by atoms with Crippen molar-refractivity contribution in [2.75, 3.05) is 26.2 Å². The zero-order valence-electron chi connectivity index (χ0n) is 21.7. The number of aromatic nitrogens is 3. The lowest BCUT2D eigenvalue weighted by atomic mass is 9.95. The topological polar surface area (TPSA) is 80.6 Å². The molecule has 1 aliphatic carbocycles. The maximum atomic E-state index is 13.7. The van der Waals surface area contributed by atoms with Gasteiger partial charge in [-0.15, -0.1) is 0 Å². The molecular weight excluding hydrogens is 523 g/mol. The molecule has 8 nitrogen and oxygen atoms in total. The number of hydrogen-bond acceptors (Lipinski definition) is 5. The molecule has 2 amide bonds. The van der Waals surface area contributed by atoms with E-state index in [1.165, 1.54) is 42.8 Å². The summed E-state index contributed by atoms with van der Waals surface area (Å²) >= 11 is 0. The quantitative estimate of drug-likeness (QED) is 0.425. The highest BCUT2D eigenvalue weighted by Crippen LogP contribution is 2.41. The van der Waals surface area contributed by atoms with Gasteiger partial charge in [0.25, 0.3) is 5.91 Å². The summed E-state index contributed by atoms with van der Waals surface area (Å²) in [6.07, 6.45) is 1.56. The first-order valence-corrected chi connectivity index (χ1v) is 13.3. The zero-order chi connectivity index (χ0) is 28.0. The highest BCUT2D eigenvalue weighted by atomic mass is 19.4. The number of amides is 2. The molecule has 6 rings (SSSR count). The number of carbonyl (C=O) groups excluding carboxylic acids is 2. The first-order chi connectivity index (χ1) is 19.2. The normalized spacial score (nSPS) is 18.6. The molecule has 0 bridgehead atoms. The number of nitrogens with zero attached hydrogens (tertiary/aromatic N) is 5. The van der Waals surface area contributed by atoms with Gasteiger partial charge in [0.1, 0.15) is 0 Å². The van der Waals surface area contributed by atoms with Crippen LogP contribution in [0.3, 0.4) is 0 Å². The van der Waals surface area contributed by atoms with Crippen LogP contribution >= 0.6 is 0 Å². The summed E-state index contributed by atoms with van der Waals surface area (Å²) < 4.78 is 44.1. The van der Waals surface area contributed by atoms with Gasteiger partial charge in [0.2, 0.25) is 11.8 Å². The second kappa shape index (κ2) is 10.1. The SMILES string of the molecule is C=CC(=O)N1CCc2nn(-c3ccc(C4CC4)cc3)c3c2C(C1)N(C(=O)c1ccc(OCC(F)(F)F)nc1)CC3.